The summed E-state index contributed by atoms with van der Waals surface area (Å²) < 4.78 is 15.2. The normalized spacial score (nSPS) is 11.6. The molecule has 1 aromatic heterocycles. The van der Waals surface area contributed by atoms with Crippen molar-refractivity contribution >= 4 is 22.9 Å². The van der Waals surface area contributed by atoms with Crippen LogP contribution in [0.25, 0.3) is 11.0 Å². The van der Waals surface area contributed by atoms with Crippen LogP contribution < -0.4 is 20.4 Å². The lowest BCUT2D eigenvalue weighted by atomic mass is 10.1. The van der Waals surface area contributed by atoms with E-state index in [-0.39, 0.29) is 12.5 Å². The smallest absolute Gasteiger partial charge is 0.344 e. The quantitative estimate of drug-likeness (QED) is 0.516. The van der Waals surface area contributed by atoms with E-state index in [1.807, 2.05) is 20.8 Å². The number of carbonyl (C=O) groups excluding carboxylic acids is 2. The monoisotopic (exact) mass is 405 g/mol. The van der Waals surface area contributed by atoms with Crippen molar-refractivity contribution < 1.29 is 23.6 Å². The van der Waals surface area contributed by atoms with Gasteiger partial charge >= 0.3 is 5.97 Å². The van der Waals surface area contributed by atoms with Crippen LogP contribution in [0.4, 0.5) is 0 Å². The van der Waals surface area contributed by atoms with Gasteiger partial charge in [-0.05, 0) is 41.5 Å². The van der Waals surface area contributed by atoms with Crippen LogP contribution in [0.3, 0.4) is 0 Å². The highest BCUT2D eigenvalue weighted by Crippen LogP contribution is 2.27. The van der Waals surface area contributed by atoms with Crippen LogP contribution >= 0.6 is 0 Å². The molecule has 1 heterocycles. The first-order chi connectivity index (χ1) is 13.7. The van der Waals surface area contributed by atoms with Gasteiger partial charge in [0.15, 0.2) is 17.6 Å². The minimum absolute atomic E-state index is 0.255. The van der Waals surface area contributed by atoms with Crippen molar-refractivity contribution in [2.24, 2.45) is 5.73 Å². The van der Waals surface area contributed by atoms with E-state index in [0.717, 1.165) is 29.9 Å². The van der Waals surface area contributed by atoms with E-state index in [0.29, 0.717) is 24.4 Å². The summed E-state index contributed by atoms with van der Waals surface area (Å²) in [7, 11) is 0. The number of esters is 1. The van der Waals surface area contributed by atoms with Crippen molar-refractivity contribution in [3.8, 4) is 5.75 Å². The Morgan fingerprint density at radius 3 is 2.41 bits per heavy atom. The highest BCUT2D eigenvalue weighted by molar-refractivity contribution is 6.00. The summed E-state index contributed by atoms with van der Waals surface area (Å²) in [5.74, 6) is 0.566. The summed E-state index contributed by atoms with van der Waals surface area (Å²) >= 11 is 0. The molecule has 8 heteroatoms. The maximum Gasteiger partial charge on any atom is 0.344 e. The lowest BCUT2D eigenvalue weighted by molar-refractivity contribution is -0.676. The van der Waals surface area contributed by atoms with Gasteiger partial charge in [0.05, 0.1) is 25.2 Å². The summed E-state index contributed by atoms with van der Waals surface area (Å²) in [5, 5.41) is 2.80. The van der Waals surface area contributed by atoms with Crippen LogP contribution in [0.1, 0.15) is 57.7 Å². The number of hydrogen-bond donors (Lipinski definition) is 2. The van der Waals surface area contributed by atoms with E-state index in [9.17, 15) is 9.59 Å². The first-order valence-corrected chi connectivity index (χ1v) is 10.1. The summed E-state index contributed by atoms with van der Waals surface area (Å²) in [4.78, 5) is 24.8. The van der Waals surface area contributed by atoms with Gasteiger partial charge in [0.1, 0.15) is 11.4 Å². The molecular formula is C21H33N4O4+. The van der Waals surface area contributed by atoms with E-state index in [1.165, 1.54) is 0 Å². The van der Waals surface area contributed by atoms with Gasteiger partial charge in [-0.25, -0.2) is 13.9 Å². The number of nitrogens with zero attached hydrogens (tertiary/aromatic N) is 2. The largest absolute Gasteiger partial charge is 0.481 e. The highest BCUT2D eigenvalue weighted by Gasteiger charge is 2.27. The number of rotatable bonds is 8. The minimum atomic E-state index is -0.605. The molecule has 0 unspecified atom stereocenters. The number of fused-ring (bicyclic) bond motifs is 1. The van der Waals surface area contributed by atoms with Crippen molar-refractivity contribution in [3.63, 3.8) is 0 Å². The van der Waals surface area contributed by atoms with Crippen molar-refractivity contribution in [2.75, 3.05) is 13.2 Å². The summed E-state index contributed by atoms with van der Waals surface area (Å²) in [5.41, 5.74) is 7.57. The molecular weight excluding hydrogens is 372 g/mol. The molecule has 0 aliphatic rings. The SMILES string of the molecule is CCNC(=O)c1cc2c(cc1OCC(=O)OC(C)(C)C)n(CC)c(CN)[n+]2CC. The Morgan fingerprint density at radius 1 is 1.21 bits per heavy atom. The maximum absolute atomic E-state index is 12.7. The molecule has 0 aliphatic heterocycles. The molecule has 0 fully saturated rings. The molecule has 0 saturated heterocycles. The number of nitrogens with one attached hydrogen (secondary N) is 1. The van der Waals surface area contributed by atoms with Crippen LogP contribution in [0.5, 0.6) is 5.75 Å². The summed E-state index contributed by atoms with van der Waals surface area (Å²) in [6, 6.07) is 3.61. The van der Waals surface area contributed by atoms with Crippen molar-refractivity contribution in [1.29, 1.82) is 0 Å². The number of nitrogens with two attached hydrogens (primary N) is 1. The molecule has 0 saturated carbocycles. The van der Waals surface area contributed by atoms with E-state index < -0.39 is 11.6 Å². The second-order valence-electron chi connectivity index (χ2n) is 7.68. The molecule has 0 atom stereocenters. The van der Waals surface area contributed by atoms with Gasteiger partial charge in [0.25, 0.3) is 11.7 Å². The Labute approximate surface area is 172 Å². The highest BCUT2D eigenvalue weighted by atomic mass is 16.6. The second kappa shape index (κ2) is 9.26. The number of hydrogen-bond acceptors (Lipinski definition) is 5. The van der Waals surface area contributed by atoms with Crippen LogP contribution in [0.15, 0.2) is 12.1 Å². The van der Waals surface area contributed by atoms with Crippen molar-refractivity contribution in [2.45, 2.75) is 66.8 Å². The third kappa shape index (κ3) is 5.06. The molecule has 0 bridgehead atoms. The molecule has 29 heavy (non-hydrogen) atoms. The fraction of sp³-hybridized carbons (Fsp3) is 0.571. The van der Waals surface area contributed by atoms with Gasteiger partial charge in [-0.3, -0.25) is 4.79 Å². The van der Waals surface area contributed by atoms with Crippen LogP contribution in [0, 0.1) is 0 Å². The zero-order chi connectivity index (χ0) is 21.8. The minimum Gasteiger partial charge on any atom is -0.481 e. The number of benzene rings is 1. The average Bonchev–Trinajstić information content (AvgIpc) is 2.95. The molecule has 1 amide bonds. The number of amides is 1. The second-order valence-corrected chi connectivity index (χ2v) is 7.68. The lowest BCUT2D eigenvalue weighted by Crippen LogP contribution is -2.38. The molecule has 1 aromatic carbocycles. The topological polar surface area (TPSA) is 99.5 Å². The summed E-state index contributed by atoms with van der Waals surface area (Å²) in [6.07, 6.45) is 0. The van der Waals surface area contributed by atoms with E-state index in [4.69, 9.17) is 15.2 Å². The van der Waals surface area contributed by atoms with Crippen LogP contribution in [0.2, 0.25) is 0 Å². The van der Waals surface area contributed by atoms with Crippen molar-refractivity contribution in [3.05, 3.63) is 23.5 Å². The third-order valence-electron chi connectivity index (χ3n) is 4.44. The van der Waals surface area contributed by atoms with Gasteiger partial charge in [0, 0.05) is 18.7 Å². The molecule has 2 rings (SSSR count). The average molecular weight is 406 g/mol. The number of carbonyl (C=O) groups is 2. The Balaban J connectivity index is 2.55. The Bertz CT molecular complexity index is 896. The molecule has 3 N–H and O–H groups in total. The predicted molar refractivity (Wildman–Crippen MR) is 111 cm³/mol. The predicted octanol–water partition coefficient (Wildman–Crippen LogP) is 1.90. The molecule has 2 aromatic rings. The Morgan fingerprint density at radius 2 is 1.90 bits per heavy atom. The Kier molecular flexibility index (Phi) is 7.24. The van der Waals surface area contributed by atoms with E-state index >= 15 is 0 Å². The number of imidazole rings is 1. The van der Waals surface area contributed by atoms with Crippen molar-refractivity contribution in [1.82, 2.24) is 9.88 Å². The molecule has 160 valence electrons. The first kappa shape index (κ1) is 22.7. The maximum atomic E-state index is 12.7. The molecule has 0 spiro atoms. The van der Waals surface area contributed by atoms with Crippen LogP contribution in [-0.2, 0) is 29.2 Å². The standard InChI is InChI=1S/C21H32N4O4/c1-7-23-20(27)14-10-15-16(25(9-3)18(12-22)24(15)8-2)11-17(14)28-13-19(26)29-21(4,5)6/h10-11H,7-9,12-13,22H2,1-6H3/p+1. The van der Waals surface area contributed by atoms with Gasteiger partial charge in [-0.1, -0.05) is 0 Å². The Hall–Kier alpha value is -2.61. The first-order valence-electron chi connectivity index (χ1n) is 10.1. The summed E-state index contributed by atoms with van der Waals surface area (Å²) in [6.45, 7) is 13.3. The molecule has 8 nitrogen and oxygen atoms in total. The number of ether oxygens (including phenoxy) is 2. The third-order valence-corrected chi connectivity index (χ3v) is 4.44. The van der Waals surface area contributed by atoms with E-state index in [2.05, 4.69) is 14.5 Å². The zero-order valence-corrected chi connectivity index (χ0v) is 18.3. The lowest BCUT2D eigenvalue weighted by Gasteiger charge is -2.19. The van der Waals surface area contributed by atoms with Gasteiger partial charge in [0.2, 0.25) is 0 Å². The molecule has 0 radical (unpaired) electrons. The molecule has 0 aliphatic carbocycles. The zero-order valence-electron chi connectivity index (χ0n) is 18.3. The van der Waals surface area contributed by atoms with Crippen LogP contribution in [-0.4, -0.2) is 35.2 Å². The van der Waals surface area contributed by atoms with E-state index in [1.54, 1.807) is 32.9 Å². The number of aryl methyl sites for hydroxylation is 2. The number of aromatic nitrogens is 2. The fourth-order valence-electron chi connectivity index (χ4n) is 3.40. The van der Waals surface area contributed by atoms with Gasteiger partial charge < -0.3 is 20.5 Å². The fourth-order valence-corrected chi connectivity index (χ4v) is 3.40. The van der Waals surface area contributed by atoms with Gasteiger partial charge in [-0.2, -0.15) is 0 Å². The van der Waals surface area contributed by atoms with Gasteiger partial charge in [-0.15, -0.1) is 0 Å².